The Kier molecular flexibility index (Phi) is 5.61. The molecule has 2 aromatic rings. The second-order valence-corrected chi connectivity index (χ2v) is 6.64. The lowest BCUT2D eigenvalue weighted by Gasteiger charge is -2.26. The molecular weight excluding hydrogens is 386 g/mol. The highest BCUT2D eigenvalue weighted by atomic mass is 79.9. The van der Waals surface area contributed by atoms with Gasteiger partial charge >= 0.3 is 0 Å². The van der Waals surface area contributed by atoms with Crippen LogP contribution in [0.4, 0.5) is 5.88 Å². The molecule has 1 aliphatic heterocycles. The van der Waals surface area contributed by atoms with Crippen LogP contribution in [0.25, 0.3) is 6.08 Å². The van der Waals surface area contributed by atoms with Crippen molar-refractivity contribution in [3.63, 3.8) is 0 Å². The van der Waals surface area contributed by atoms with Crippen molar-refractivity contribution in [2.24, 2.45) is 0 Å². The third-order valence-corrected chi connectivity index (χ3v) is 4.55. The molecule has 2 aromatic heterocycles. The zero-order chi connectivity index (χ0) is 17.6. The van der Waals surface area contributed by atoms with Crippen LogP contribution in [0.5, 0.6) is 0 Å². The Morgan fingerprint density at radius 1 is 1.40 bits per heavy atom. The molecule has 7 heteroatoms. The molecule has 6 nitrogen and oxygen atoms in total. The molecule has 0 radical (unpaired) electrons. The van der Waals surface area contributed by atoms with E-state index >= 15 is 0 Å². The van der Waals surface area contributed by atoms with Gasteiger partial charge in [0.15, 0.2) is 0 Å². The maximum atomic E-state index is 12.2. The summed E-state index contributed by atoms with van der Waals surface area (Å²) in [5.41, 5.74) is -0.0157. The molecule has 1 amide bonds. The quantitative estimate of drug-likeness (QED) is 0.605. The summed E-state index contributed by atoms with van der Waals surface area (Å²) in [6, 6.07) is 7.19. The number of nitriles is 1. The number of nitrogens with zero attached hydrogens (tertiary/aromatic N) is 2. The molecule has 25 heavy (non-hydrogen) atoms. The van der Waals surface area contributed by atoms with Crippen molar-refractivity contribution in [3.8, 4) is 6.07 Å². The molecule has 0 saturated carbocycles. The number of carbonyl (C=O) groups is 1. The van der Waals surface area contributed by atoms with Crippen molar-refractivity contribution >= 4 is 33.8 Å². The minimum absolute atomic E-state index is 0.0157. The van der Waals surface area contributed by atoms with E-state index in [4.69, 9.17) is 8.83 Å². The van der Waals surface area contributed by atoms with Gasteiger partial charge in [-0.05, 0) is 47.3 Å². The van der Waals surface area contributed by atoms with Gasteiger partial charge < -0.3 is 19.1 Å². The Bertz CT molecular complexity index is 796. The summed E-state index contributed by atoms with van der Waals surface area (Å²) in [6.07, 6.45) is 6.49. The summed E-state index contributed by atoms with van der Waals surface area (Å²) in [6.45, 7) is 2.12. The first-order valence-electron chi connectivity index (χ1n) is 8.14. The predicted molar refractivity (Wildman–Crippen MR) is 96.6 cm³/mol. The summed E-state index contributed by atoms with van der Waals surface area (Å²) in [4.78, 5) is 14.3. The monoisotopic (exact) mass is 403 g/mol. The minimum atomic E-state index is -0.467. The second kappa shape index (κ2) is 8.08. The fourth-order valence-corrected chi connectivity index (χ4v) is 3.28. The Hall–Kier alpha value is -2.46. The van der Waals surface area contributed by atoms with Crippen LogP contribution in [0.3, 0.4) is 0 Å². The van der Waals surface area contributed by atoms with Crippen LogP contribution < -0.4 is 10.2 Å². The van der Waals surface area contributed by atoms with Crippen LogP contribution in [-0.4, -0.2) is 19.0 Å². The van der Waals surface area contributed by atoms with E-state index < -0.39 is 5.91 Å². The SMILES string of the molecule is N#C/C(=C/c1cc(Br)c(N2CCCCC2)o1)C(=O)NCc1ccco1. The fourth-order valence-electron chi connectivity index (χ4n) is 2.73. The summed E-state index contributed by atoms with van der Waals surface area (Å²) < 4.78 is 11.8. The molecule has 1 saturated heterocycles. The number of halogens is 1. The number of carbonyl (C=O) groups excluding carboxylic acids is 1. The van der Waals surface area contributed by atoms with Crippen LogP contribution in [0.1, 0.15) is 30.8 Å². The molecule has 3 rings (SSSR count). The molecule has 0 bridgehead atoms. The molecule has 0 aromatic carbocycles. The molecule has 0 spiro atoms. The molecule has 0 aliphatic carbocycles. The van der Waals surface area contributed by atoms with Gasteiger partial charge in [0, 0.05) is 25.2 Å². The number of hydrogen-bond donors (Lipinski definition) is 1. The number of hydrogen-bond acceptors (Lipinski definition) is 5. The maximum Gasteiger partial charge on any atom is 0.262 e. The molecule has 1 N–H and O–H groups in total. The van der Waals surface area contributed by atoms with Gasteiger partial charge in [-0.3, -0.25) is 4.79 Å². The molecule has 0 unspecified atom stereocenters. The lowest BCUT2D eigenvalue weighted by atomic mass is 10.1. The first-order valence-corrected chi connectivity index (χ1v) is 8.93. The Balaban J connectivity index is 1.71. The second-order valence-electron chi connectivity index (χ2n) is 5.78. The van der Waals surface area contributed by atoms with E-state index in [1.54, 1.807) is 18.2 Å². The molecule has 1 fully saturated rings. The number of anilines is 1. The zero-order valence-corrected chi connectivity index (χ0v) is 15.2. The summed E-state index contributed by atoms with van der Waals surface area (Å²) in [7, 11) is 0. The van der Waals surface area contributed by atoms with E-state index in [-0.39, 0.29) is 12.1 Å². The topological polar surface area (TPSA) is 82.4 Å². The van der Waals surface area contributed by atoms with Gasteiger partial charge in [-0.15, -0.1) is 0 Å². The number of piperidine rings is 1. The maximum absolute atomic E-state index is 12.2. The van der Waals surface area contributed by atoms with Gasteiger partial charge in [0.2, 0.25) is 5.88 Å². The van der Waals surface area contributed by atoms with Crippen molar-refractivity contribution in [3.05, 3.63) is 46.0 Å². The van der Waals surface area contributed by atoms with Crippen molar-refractivity contribution in [2.45, 2.75) is 25.8 Å². The van der Waals surface area contributed by atoms with Crippen LogP contribution in [0.15, 0.2) is 43.3 Å². The average molecular weight is 404 g/mol. The molecule has 1 aliphatic rings. The van der Waals surface area contributed by atoms with Gasteiger partial charge in [0.25, 0.3) is 5.91 Å². The van der Waals surface area contributed by atoms with Gasteiger partial charge in [-0.1, -0.05) is 0 Å². The largest absolute Gasteiger partial charge is 0.467 e. The standard InChI is InChI=1S/C18H18BrN3O3/c19-16-10-15(25-18(16)22-6-2-1-3-7-22)9-13(11-20)17(23)21-12-14-5-4-8-24-14/h4-5,8-10H,1-3,6-7,12H2,(H,21,23)/b13-9-. The Labute approximate surface area is 154 Å². The lowest BCUT2D eigenvalue weighted by Crippen LogP contribution is -2.29. The Morgan fingerprint density at radius 3 is 2.88 bits per heavy atom. The van der Waals surface area contributed by atoms with Crippen LogP contribution in [-0.2, 0) is 11.3 Å². The Morgan fingerprint density at radius 2 is 2.20 bits per heavy atom. The fraction of sp³-hybridized carbons (Fsp3) is 0.333. The smallest absolute Gasteiger partial charge is 0.262 e. The highest BCUT2D eigenvalue weighted by molar-refractivity contribution is 9.10. The van der Waals surface area contributed by atoms with Crippen molar-refractivity contribution in [1.82, 2.24) is 5.32 Å². The number of furan rings is 2. The first kappa shape index (κ1) is 17.4. The third kappa shape index (κ3) is 4.34. The number of amides is 1. The summed E-state index contributed by atoms with van der Waals surface area (Å²) >= 11 is 3.50. The van der Waals surface area contributed by atoms with E-state index in [9.17, 15) is 10.1 Å². The average Bonchev–Trinajstić information content (AvgIpc) is 3.28. The van der Waals surface area contributed by atoms with Crippen molar-refractivity contribution in [1.29, 1.82) is 5.26 Å². The summed E-state index contributed by atoms with van der Waals surface area (Å²) in [5.74, 6) is 1.38. The van der Waals surface area contributed by atoms with Gasteiger partial charge in [-0.25, -0.2) is 0 Å². The molecular formula is C18H18BrN3O3. The van der Waals surface area contributed by atoms with Crippen LogP contribution in [0, 0.1) is 11.3 Å². The lowest BCUT2D eigenvalue weighted by molar-refractivity contribution is -0.117. The van der Waals surface area contributed by atoms with E-state index in [0.29, 0.717) is 11.5 Å². The van der Waals surface area contributed by atoms with E-state index in [2.05, 4.69) is 26.1 Å². The summed E-state index contributed by atoms with van der Waals surface area (Å²) in [5, 5.41) is 11.9. The zero-order valence-electron chi connectivity index (χ0n) is 13.6. The van der Waals surface area contributed by atoms with Crippen molar-refractivity contribution in [2.75, 3.05) is 18.0 Å². The highest BCUT2D eigenvalue weighted by Crippen LogP contribution is 2.33. The van der Waals surface area contributed by atoms with Crippen LogP contribution >= 0.6 is 15.9 Å². The third-order valence-electron chi connectivity index (χ3n) is 3.99. The minimum Gasteiger partial charge on any atom is -0.467 e. The van der Waals surface area contributed by atoms with Gasteiger partial charge in [0.05, 0.1) is 17.3 Å². The van der Waals surface area contributed by atoms with Crippen molar-refractivity contribution < 1.29 is 13.6 Å². The van der Waals surface area contributed by atoms with Gasteiger partial charge in [-0.2, -0.15) is 5.26 Å². The molecule has 3 heterocycles. The predicted octanol–water partition coefficient (Wildman–Crippen LogP) is 3.85. The molecule has 130 valence electrons. The van der Waals surface area contributed by atoms with E-state index in [1.165, 1.54) is 18.8 Å². The van der Waals surface area contributed by atoms with E-state index in [0.717, 1.165) is 36.3 Å². The first-order chi connectivity index (χ1) is 12.2. The van der Waals surface area contributed by atoms with Gasteiger partial charge in [0.1, 0.15) is 23.2 Å². The highest BCUT2D eigenvalue weighted by Gasteiger charge is 2.19. The normalized spacial score (nSPS) is 15.0. The number of rotatable bonds is 5. The molecule has 0 atom stereocenters. The van der Waals surface area contributed by atoms with E-state index in [1.807, 2.05) is 6.07 Å². The van der Waals surface area contributed by atoms with Crippen LogP contribution in [0.2, 0.25) is 0 Å². The number of nitrogens with one attached hydrogen (secondary N) is 1.